The maximum Gasteiger partial charge on any atom is 0.240 e. The highest BCUT2D eigenvalue weighted by molar-refractivity contribution is 9.10. The molecule has 4 heteroatoms. The van der Waals surface area contributed by atoms with Gasteiger partial charge in [0.2, 0.25) is 5.91 Å². The van der Waals surface area contributed by atoms with Gasteiger partial charge in [0.15, 0.2) is 0 Å². The molecule has 3 N–H and O–H groups in total. The SMILES string of the molecule is CCC(NC(=O)C1(N)CCCCC1)c1ccc(Br)cc1. The van der Waals surface area contributed by atoms with Crippen LogP contribution in [0.2, 0.25) is 0 Å². The lowest BCUT2D eigenvalue weighted by Gasteiger charge is -2.33. The van der Waals surface area contributed by atoms with Crippen LogP contribution in [0.1, 0.15) is 57.1 Å². The van der Waals surface area contributed by atoms with Crippen LogP contribution in [0.4, 0.5) is 0 Å². The Hall–Kier alpha value is -0.870. The molecule has 1 amide bonds. The molecule has 0 heterocycles. The van der Waals surface area contributed by atoms with Crippen LogP contribution in [0, 0.1) is 0 Å². The van der Waals surface area contributed by atoms with Gasteiger partial charge in [0, 0.05) is 4.47 Å². The maximum atomic E-state index is 12.5. The van der Waals surface area contributed by atoms with E-state index in [2.05, 4.69) is 28.2 Å². The topological polar surface area (TPSA) is 55.1 Å². The molecule has 1 fully saturated rings. The number of benzene rings is 1. The smallest absolute Gasteiger partial charge is 0.240 e. The largest absolute Gasteiger partial charge is 0.348 e. The summed E-state index contributed by atoms with van der Waals surface area (Å²) < 4.78 is 1.05. The van der Waals surface area contributed by atoms with Crippen molar-refractivity contribution in [3.8, 4) is 0 Å². The second-order valence-corrected chi connectivity index (χ2v) is 6.62. The van der Waals surface area contributed by atoms with Gasteiger partial charge in [0.25, 0.3) is 0 Å². The highest BCUT2D eigenvalue weighted by Crippen LogP contribution is 2.27. The predicted molar refractivity (Wildman–Crippen MR) is 85.3 cm³/mol. The lowest BCUT2D eigenvalue weighted by molar-refractivity contribution is -0.128. The number of amides is 1. The fraction of sp³-hybridized carbons (Fsp3) is 0.562. The van der Waals surface area contributed by atoms with E-state index in [1.165, 1.54) is 6.42 Å². The molecule has 0 aliphatic heterocycles. The summed E-state index contributed by atoms with van der Waals surface area (Å²) in [6, 6.07) is 8.13. The third-order valence-corrected chi connectivity index (χ3v) is 4.71. The van der Waals surface area contributed by atoms with Crippen LogP contribution >= 0.6 is 15.9 Å². The summed E-state index contributed by atoms with van der Waals surface area (Å²) in [5, 5.41) is 3.13. The van der Waals surface area contributed by atoms with E-state index in [1.807, 2.05) is 24.3 Å². The molecular formula is C16H23BrN2O. The van der Waals surface area contributed by atoms with Crippen LogP contribution in [0.5, 0.6) is 0 Å². The van der Waals surface area contributed by atoms with E-state index in [0.717, 1.165) is 42.1 Å². The lowest BCUT2D eigenvalue weighted by Crippen LogP contribution is -2.55. The van der Waals surface area contributed by atoms with Crippen molar-refractivity contribution in [2.24, 2.45) is 5.73 Å². The minimum absolute atomic E-state index is 0.00645. The van der Waals surface area contributed by atoms with Gasteiger partial charge in [-0.25, -0.2) is 0 Å². The molecule has 0 aromatic heterocycles. The molecule has 1 saturated carbocycles. The van der Waals surface area contributed by atoms with Crippen molar-refractivity contribution >= 4 is 21.8 Å². The first-order valence-corrected chi connectivity index (χ1v) is 8.20. The van der Waals surface area contributed by atoms with Crippen LogP contribution < -0.4 is 11.1 Å². The molecule has 0 saturated heterocycles. The van der Waals surface area contributed by atoms with E-state index in [0.29, 0.717) is 0 Å². The number of nitrogens with two attached hydrogens (primary N) is 1. The third kappa shape index (κ3) is 3.61. The fourth-order valence-electron chi connectivity index (χ4n) is 2.83. The zero-order valence-corrected chi connectivity index (χ0v) is 13.6. The van der Waals surface area contributed by atoms with Gasteiger partial charge in [-0.2, -0.15) is 0 Å². The van der Waals surface area contributed by atoms with Crippen molar-refractivity contribution in [3.63, 3.8) is 0 Å². The first kappa shape index (κ1) is 15.5. The summed E-state index contributed by atoms with van der Waals surface area (Å²) >= 11 is 3.43. The molecule has 1 unspecified atom stereocenters. The Labute approximate surface area is 129 Å². The van der Waals surface area contributed by atoms with E-state index in [4.69, 9.17) is 5.73 Å². The summed E-state index contributed by atoms with van der Waals surface area (Å²) in [4.78, 5) is 12.5. The third-order valence-electron chi connectivity index (χ3n) is 4.18. The summed E-state index contributed by atoms with van der Waals surface area (Å²) in [6.07, 6.45) is 5.77. The van der Waals surface area contributed by atoms with Crippen molar-refractivity contribution in [3.05, 3.63) is 34.3 Å². The average Bonchev–Trinajstić information content (AvgIpc) is 2.46. The number of nitrogens with one attached hydrogen (secondary N) is 1. The Morgan fingerprint density at radius 2 is 1.90 bits per heavy atom. The Bertz CT molecular complexity index is 452. The molecule has 3 nitrogen and oxygen atoms in total. The molecule has 1 atom stereocenters. The summed E-state index contributed by atoms with van der Waals surface area (Å²) in [6.45, 7) is 2.08. The molecule has 0 bridgehead atoms. The molecular weight excluding hydrogens is 316 g/mol. The number of rotatable bonds is 4. The van der Waals surface area contributed by atoms with Crippen molar-refractivity contribution in [2.45, 2.75) is 57.0 Å². The van der Waals surface area contributed by atoms with Gasteiger partial charge in [0.05, 0.1) is 11.6 Å². The minimum Gasteiger partial charge on any atom is -0.348 e. The zero-order valence-electron chi connectivity index (χ0n) is 12.0. The van der Waals surface area contributed by atoms with Crippen molar-refractivity contribution in [2.75, 3.05) is 0 Å². The van der Waals surface area contributed by atoms with Gasteiger partial charge in [-0.05, 0) is 37.0 Å². The predicted octanol–water partition coefficient (Wildman–Crippen LogP) is 3.68. The van der Waals surface area contributed by atoms with E-state index in [9.17, 15) is 4.79 Å². The first-order valence-electron chi connectivity index (χ1n) is 7.40. The van der Waals surface area contributed by atoms with Gasteiger partial charge in [-0.3, -0.25) is 4.79 Å². The van der Waals surface area contributed by atoms with E-state index in [1.54, 1.807) is 0 Å². The first-order chi connectivity index (χ1) is 9.55. The van der Waals surface area contributed by atoms with Crippen molar-refractivity contribution in [1.29, 1.82) is 0 Å². The highest BCUT2D eigenvalue weighted by Gasteiger charge is 2.36. The number of hydrogen-bond donors (Lipinski definition) is 2. The molecule has 110 valence electrons. The highest BCUT2D eigenvalue weighted by atomic mass is 79.9. The summed E-state index contributed by atoms with van der Waals surface area (Å²) in [7, 11) is 0. The summed E-state index contributed by atoms with van der Waals surface area (Å²) in [5.74, 6) is 0.00645. The molecule has 1 aliphatic rings. The molecule has 1 aromatic carbocycles. The minimum atomic E-state index is -0.666. The monoisotopic (exact) mass is 338 g/mol. The molecule has 2 rings (SSSR count). The van der Waals surface area contributed by atoms with Gasteiger partial charge in [0.1, 0.15) is 0 Å². The normalized spacial score (nSPS) is 19.4. The molecule has 1 aliphatic carbocycles. The Morgan fingerprint density at radius 1 is 1.30 bits per heavy atom. The van der Waals surface area contributed by atoms with Gasteiger partial charge < -0.3 is 11.1 Å². The van der Waals surface area contributed by atoms with E-state index < -0.39 is 5.54 Å². The standard InChI is InChI=1S/C16H23BrN2O/c1-2-14(12-6-8-13(17)9-7-12)19-15(20)16(18)10-4-3-5-11-16/h6-9,14H,2-5,10-11,18H2,1H3,(H,19,20). The van der Waals surface area contributed by atoms with E-state index in [-0.39, 0.29) is 11.9 Å². The van der Waals surface area contributed by atoms with Crippen LogP contribution in [0.15, 0.2) is 28.7 Å². The van der Waals surface area contributed by atoms with E-state index >= 15 is 0 Å². The van der Waals surface area contributed by atoms with Crippen LogP contribution in [0.25, 0.3) is 0 Å². The van der Waals surface area contributed by atoms with Crippen molar-refractivity contribution < 1.29 is 4.79 Å². The lowest BCUT2D eigenvalue weighted by atomic mass is 9.81. The van der Waals surface area contributed by atoms with Gasteiger partial charge >= 0.3 is 0 Å². The fourth-order valence-corrected chi connectivity index (χ4v) is 3.09. The van der Waals surface area contributed by atoms with Gasteiger partial charge in [-0.15, -0.1) is 0 Å². The maximum absolute atomic E-state index is 12.5. The van der Waals surface area contributed by atoms with Crippen molar-refractivity contribution in [1.82, 2.24) is 5.32 Å². The number of halogens is 1. The van der Waals surface area contributed by atoms with Crippen LogP contribution in [-0.2, 0) is 4.79 Å². The van der Waals surface area contributed by atoms with Crippen LogP contribution in [0.3, 0.4) is 0 Å². The Morgan fingerprint density at radius 3 is 2.45 bits per heavy atom. The average molecular weight is 339 g/mol. The molecule has 0 spiro atoms. The molecule has 1 aromatic rings. The van der Waals surface area contributed by atoms with Gasteiger partial charge in [-0.1, -0.05) is 54.2 Å². The number of carbonyl (C=O) groups is 1. The zero-order chi connectivity index (χ0) is 14.6. The molecule has 20 heavy (non-hydrogen) atoms. The number of carbonyl (C=O) groups excluding carboxylic acids is 1. The molecule has 0 radical (unpaired) electrons. The Balaban J connectivity index is 2.05. The number of hydrogen-bond acceptors (Lipinski definition) is 2. The van der Waals surface area contributed by atoms with Crippen LogP contribution in [-0.4, -0.2) is 11.4 Å². The second-order valence-electron chi connectivity index (χ2n) is 5.70. The second kappa shape index (κ2) is 6.72. The quantitative estimate of drug-likeness (QED) is 0.879. The summed E-state index contributed by atoms with van der Waals surface area (Å²) in [5.41, 5.74) is 6.75. The Kier molecular flexibility index (Phi) is 5.22.